The van der Waals surface area contributed by atoms with Crippen LogP contribution in [0.2, 0.25) is 0 Å². The maximum atomic E-state index is 12.9. The van der Waals surface area contributed by atoms with Crippen LogP contribution in [0.4, 0.5) is 29.6 Å². The van der Waals surface area contributed by atoms with Crippen molar-refractivity contribution in [1.82, 2.24) is 15.3 Å². The van der Waals surface area contributed by atoms with Crippen LogP contribution in [0.25, 0.3) is 0 Å². The molecule has 0 unspecified atom stereocenters. The molecule has 0 bridgehead atoms. The number of carbonyl (C=O) groups excluding carboxylic acids is 2. The third kappa shape index (κ3) is 4.04. The zero-order valence-corrected chi connectivity index (χ0v) is 18.4. The summed E-state index contributed by atoms with van der Waals surface area (Å²) >= 11 is 0. The first-order valence-corrected chi connectivity index (χ1v) is 11.1. The summed E-state index contributed by atoms with van der Waals surface area (Å²) in [5.41, 5.74) is 0.771. The van der Waals surface area contributed by atoms with Crippen LogP contribution in [0, 0.1) is 0 Å². The number of ether oxygens (including phenoxy) is 2. The number of benzene rings is 1. The Bertz CT molecular complexity index is 1400. The Balaban J connectivity index is 1.13. The van der Waals surface area contributed by atoms with Crippen LogP contribution in [0.15, 0.2) is 48.8 Å². The fourth-order valence-corrected chi connectivity index (χ4v) is 4.54. The van der Waals surface area contributed by atoms with Crippen molar-refractivity contribution in [2.45, 2.75) is 37.1 Å². The fraction of sp³-hybridized carbons (Fsp3) is 0.250. The quantitative estimate of drug-likeness (QED) is 0.497. The number of urea groups is 1. The van der Waals surface area contributed by atoms with E-state index >= 15 is 0 Å². The first-order chi connectivity index (χ1) is 17.3. The Morgan fingerprint density at radius 1 is 1.11 bits per heavy atom. The molecule has 1 aliphatic carbocycles. The number of anilines is 2. The molecule has 12 heteroatoms. The number of pyridine rings is 2. The number of halogens is 3. The van der Waals surface area contributed by atoms with Crippen molar-refractivity contribution in [3.8, 4) is 17.2 Å². The molecule has 9 nitrogen and oxygen atoms in total. The Morgan fingerprint density at radius 2 is 1.94 bits per heavy atom. The number of carbonyl (C=O) groups is 2. The minimum Gasteiger partial charge on any atom is -0.487 e. The zero-order chi connectivity index (χ0) is 25.0. The summed E-state index contributed by atoms with van der Waals surface area (Å²) in [5, 5.41) is 7.81. The highest BCUT2D eigenvalue weighted by atomic mass is 19.4. The average Bonchev–Trinajstić information content (AvgIpc) is 3.34. The van der Waals surface area contributed by atoms with Crippen molar-refractivity contribution >= 4 is 23.6 Å². The predicted octanol–water partition coefficient (Wildman–Crippen LogP) is 4.22. The number of hydrogen-bond donors (Lipinski definition) is 3. The highest BCUT2D eigenvalue weighted by Crippen LogP contribution is 2.54. The van der Waals surface area contributed by atoms with Gasteiger partial charge in [-0.15, -0.1) is 0 Å². The van der Waals surface area contributed by atoms with Crippen LogP contribution in [0.5, 0.6) is 17.2 Å². The second-order valence-corrected chi connectivity index (χ2v) is 8.65. The lowest BCUT2D eigenvalue weighted by Gasteiger charge is -2.19. The summed E-state index contributed by atoms with van der Waals surface area (Å²) in [6.07, 6.45) is -1.40. The lowest BCUT2D eigenvalue weighted by Crippen LogP contribution is -2.34. The molecule has 1 aromatic carbocycles. The van der Waals surface area contributed by atoms with Gasteiger partial charge in [-0.05, 0) is 42.8 Å². The molecule has 0 saturated heterocycles. The molecule has 1 fully saturated rings. The van der Waals surface area contributed by atoms with Crippen LogP contribution in [0.3, 0.4) is 0 Å². The third-order valence-corrected chi connectivity index (χ3v) is 6.28. The van der Waals surface area contributed by atoms with Gasteiger partial charge in [0.25, 0.3) is 0 Å². The van der Waals surface area contributed by atoms with Gasteiger partial charge < -0.3 is 20.1 Å². The topological polar surface area (TPSA) is 114 Å². The number of rotatable bonds is 4. The number of nitrogens with zero attached hydrogens (tertiary/aromatic N) is 2. The van der Waals surface area contributed by atoms with E-state index in [1.54, 1.807) is 24.4 Å². The first-order valence-electron chi connectivity index (χ1n) is 11.1. The molecule has 1 saturated carbocycles. The molecule has 2 aromatic heterocycles. The Kier molecular flexibility index (Phi) is 4.99. The Morgan fingerprint density at radius 3 is 2.78 bits per heavy atom. The third-order valence-electron chi connectivity index (χ3n) is 6.28. The van der Waals surface area contributed by atoms with Gasteiger partial charge in [-0.25, -0.2) is 14.8 Å². The van der Waals surface area contributed by atoms with Gasteiger partial charge in [0.2, 0.25) is 5.91 Å². The van der Waals surface area contributed by atoms with Gasteiger partial charge in [-0.3, -0.25) is 10.1 Å². The van der Waals surface area contributed by atoms with Crippen LogP contribution in [0.1, 0.15) is 29.0 Å². The van der Waals surface area contributed by atoms with Crippen molar-refractivity contribution in [3.63, 3.8) is 0 Å². The normalized spacial score (nSPS) is 21.3. The van der Waals surface area contributed by atoms with E-state index in [2.05, 4.69) is 25.9 Å². The molecule has 3 N–H and O–H groups in total. The number of aromatic nitrogens is 2. The van der Waals surface area contributed by atoms with E-state index in [-0.39, 0.29) is 29.8 Å². The average molecular weight is 497 g/mol. The van der Waals surface area contributed by atoms with Crippen LogP contribution in [-0.2, 0) is 17.4 Å². The molecule has 6 rings (SSSR count). The molecule has 3 atom stereocenters. The first kappa shape index (κ1) is 22.1. The molecular formula is C24H18F3N5O4. The minimum absolute atomic E-state index is 0.0898. The van der Waals surface area contributed by atoms with E-state index < -0.39 is 17.8 Å². The largest absolute Gasteiger partial charge is 0.487 e. The van der Waals surface area contributed by atoms with E-state index in [9.17, 15) is 22.8 Å². The van der Waals surface area contributed by atoms with Crippen molar-refractivity contribution in [1.29, 1.82) is 0 Å². The molecule has 0 spiro atoms. The minimum atomic E-state index is -4.54. The van der Waals surface area contributed by atoms with Gasteiger partial charge >= 0.3 is 12.2 Å². The summed E-state index contributed by atoms with van der Waals surface area (Å²) in [6, 6.07) is 7.70. The Labute approximate surface area is 202 Å². The van der Waals surface area contributed by atoms with Crippen LogP contribution in [-0.4, -0.2) is 34.1 Å². The number of nitrogens with one attached hydrogen (secondary N) is 3. The van der Waals surface area contributed by atoms with Crippen molar-refractivity contribution in [3.05, 3.63) is 65.5 Å². The van der Waals surface area contributed by atoms with Crippen molar-refractivity contribution in [2.24, 2.45) is 0 Å². The summed E-state index contributed by atoms with van der Waals surface area (Å²) < 4.78 is 50.7. The van der Waals surface area contributed by atoms with Crippen LogP contribution < -0.4 is 25.4 Å². The molecule has 3 aromatic rings. The van der Waals surface area contributed by atoms with E-state index in [1.807, 2.05) is 6.07 Å². The molecule has 3 amide bonds. The molecule has 36 heavy (non-hydrogen) atoms. The summed E-state index contributed by atoms with van der Waals surface area (Å²) in [5.74, 6) is 1.91. The van der Waals surface area contributed by atoms with E-state index in [0.29, 0.717) is 35.9 Å². The lowest BCUT2D eigenvalue weighted by molar-refractivity contribution is -0.137. The smallest absolute Gasteiger partial charge is 0.416 e. The Hall–Kier alpha value is -4.35. The standard InChI is InChI=1S/C24H18F3N5O4/c25-24(26,27)11-5-7-28-17(9-11)30-23(34)32-20-19-14-10-12(1-3-15(14)36-21(19)20)35-16-6-8-29-22-13(16)2-4-18(33)31-22/h1,3,5-10,19-21H,2,4H2,(H,29,31,33)(H2,28,30,32,34)/t19-,20+,21-/m0/s1. The van der Waals surface area contributed by atoms with Gasteiger partial charge in [0, 0.05) is 29.9 Å². The number of fused-ring (bicyclic) bond motifs is 4. The molecule has 3 aliphatic rings. The van der Waals surface area contributed by atoms with E-state index in [0.717, 1.165) is 29.5 Å². The molecule has 0 radical (unpaired) electrons. The maximum Gasteiger partial charge on any atom is 0.416 e. The SMILES string of the molecule is O=C1CCc2c(Oc3ccc4c(c3)[C@H]3[C@@H](NC(=O)Nc5cc(C(F)(F)F)ccn5)[C@H]3O4)ccnc2N1. The fourth-order valence-electron chi connectivity index (χ4n) is 4.54. The van der Waals surface area contributed by atoms with Gasteiger partial charge in [0.05, 0.1) is 17.5 Å². The molecule has 184 valence electrons. The summed E-state index contributed by atoms with van der Waals surface area (Å²) in [7, 11) is 0. The van der Waals surface area contributed by atoms with Gasteiger partial charge in [-0.1, -0.05) is 0 Å². The van der Waals surface area contributed by atoms with Crippen molar-refractivity contribution in [2.75, 3.05) is 10.6 Å². The van der Waals surface area contributed by atoms with E-state index in [4.69, 9.17) is 9.47 Å². The summed E-state index contributed by atoms with van der Waals surface area (Å²) in [6.45, 7) is 0. The molecule has 4 heterocycles. The van der Waals surface area contributed by atoms with Gasteiger partial charge in [0.1, 0.15) is 35.0 Å². The van der Waals surface area contributed by atoms with Crippen molar-refractivity contribution < 1.29 is 32.2 Å². The highest BCUT2D eigenvalue weighted by molar-refractivity contribution is 5.93. The van der Waals surface area contributed by atoms with Crippen LogP contribution >= 0.6 is 0 Å². The van der Waals surface area contributed by atoms with Gasteiger partial charge in [0.15, 0.2) is 0 Å². The molecular weight excluding hydrogens is 479 g/mol. The molecule has 2 aliphatic heterocycles. The number of amides is 3. The second kappa shape index (κ2) is 8.11. The van der Waals surface area contributed by atoms with E-state index in [1.165, 1.54) is 0 Å². The number of alkyl halides is 3. The predicted molar refractivity (Wildman–Crippen MR) is 120 cm³/mol. The monoisotopic (exact) mass is 497 g/mol. The second-order valence-electron chi connectivity index (χ2n) is 8.65. The lowest BCUT2D eigenvalue weighted by atomic mass is 10.1. The maximum absolute atomic E-state index is 12.9. The zero-order valence-electron chi connectivity index (χ0n) is 18.4. The summed E-state index contributed by atoms with van der Waals surface area (Å²) in [4.78, 5) is 32.0. The number of hydrogen-bond acceptors (Lipinski definition) is 6. The highest BCUT2D eigenvalue weighted by Gasteiger charge is 2.59. The van der Waals surface area contributed by atoms with Gasteiger partial charge in [-0.2, -0.15) is 13.2 Å².